The predicted octanol–water partition coefficient (Wildman–Crippen LogP) is 1.49. The van der Waals surface area contributed by atoms with Gasteiger partial charge in [-0.05, 0) is 38.0 Å². The maximum absolute atomic E-state index is 6.10. The van der Waals surface area contributed by atoms with Crippen molar-refractivity contribution in [2.24, 2.45) is 17.6 Å². The van der Waals surface area contributed by atoms with Crippen LogP contribution in [-0.2, 0) is 0 Å². The van der Waals surface area contributed by atoms with Gasteiger partial charge in [-0.3, -0.25) is 0 Å². The minimum absolute atomic E-state index is 0.374. The highest BCUT2D eigenvalue weighted by atomic mass is 16.5. The summed E-state index contributed by atoms with van der Waals surface area (Å²) in [6.07, 6.45) is 5.09. The van der Waals surface area contributed by atoms with Gasteiger partial charge in [-0.2, -0.15) is 4.98 Å². The van der Waals surface area contributed by atoms with Gasteiger partial charge in [0.25, 0.3) is 5.71 Å². The monoisotopic (exact) mass is 273 g/mol. The average Bonchev–Trinajstić information content (AvgIpc) is 3.02. The number of nitrogens with two attached hydrogens (primary N) is 1. The third-order valence-electron chi connectivity index (χ3n) is 4.81. The zero-order valence-electron chi connectivity index (χ0n) is 11.6. The van der Waals surface area contributed by atoms with Gasteiger partial charge in [-0.25, -0.2) is 4.98 Å². The van der Waals surface area contributed by atoms with Crippen LogP contribution in [0.2, 0.25) is 0 Å². The minimum Gasteiger partial charge on any atom is -0.355 e. The fourth-order valence-corrected chi connectivity index (χ4v) is 3.78. The number of aromatic nitrogens is 3. The SMILES string of the molecule is Cc1noc2ncnc(N3C[C@H]4CCC(N)C[C@H]4C3)c12. The van der Waals surface area contributed by atoms with Gasteiger partial charge in [0.05, 0.1) is 5.69 Å². The van der Waals surface area contributed by atoms with Crippen LogP contribution < -0.4 is 10.6 Å². The molecule has 3 atom stereocenters. The molecule has 1 saturated heterocycles. The van der Waals surface area contributed by atoms with E-state index in [9.17, 15) is 0 Å². The van der Waals surface area contributed by atoms with Gasteiger partial charge in [0.15, 0.2) is 0 Å². The van der Waals surface area contributed by atoms with Crippen LogP contribution in [0.1, 0.15) is 25.0 Å². The topological polar surface area (TPSA) is 81.1 Å². The van der Waals surface area contributed by atoms with E-state index in [0.717, 1.165) is 48.7 Å². The first-order valence-electron chi connectivity index (χ1n) is 7.30. The van der Waals surface area contributed by atoms with Crippen LogP contribution in [-0.4, -0.2) is 34.3 Å². The summed E-state index contributed by atoms with van der Waals surface area (Å²) in [4.78, 5) is 11.0. The summed E-state index contributed by atoms with van der Waals surface area (Å²) in [7, 11) is 0. The summed E-state index contributed by atoms with van der Waals surface area (Å²) in [5, 5.41) is 4.96. The number of nitrogens with zero attached hydrogens (tertiary/aromatic N) is 4. The number of fused-ring (bicyclic) bond motifs is 2. The van der Waals surface area contributed by atoms with Crippen LogP contribution in [0.15, 0.2) is 10.9 Å². The number of aryl methyl sites for hydroxylation is 1. The molecule has 0 radical (unpaired) electrons. The quantitative estimate of drug-likeness (QED) is 0.847. The summed E-state index contributed by atoms with van der Waals surface area (Å²) in [5.74, 6) is 2.42. The van der Waals surface area contributed by atoms with E-state index in [1.807, 2.05) is 6.92 Å². The van der Waals surface area contributed by atoms with Crippen LogP contribution in [0, 0.1) is 18.8 Å². The molecule has 4 rings (SSSR count). The molecule has 3 heterocycles. The zero-order valence-corrected chi connectivity index (χ0v) is 11.6. The van der Waals surface area contributed by atoms with Crippen molar-refractivity contribution in [1.82, 2.24) is 15.1 Å². The van der Waals surface area contributed by atoms with Crippen molar-refractivity contribution in [1.29, 1.82) is 0 Å². The maximum Gasteiger partial charge on any atom is 0.263 e. The Hall–Kier alpha value is -1.69. The third-order valence-corrected chi connectivity index (χ3v) is 4.81. The fraction of sp³-hybridized carbons (Fsp3) is 0.643. The molecule has 0 amide bonds. The van der Waals surface area contributed by atoms with Crippen molar-refractivity contribution in [3.63, 3.8) is 0 Å². The minimum atomic E-state index is 0.374. The molecule has 1 aliphatic heterocycles. The van der Waals surface area contributed by atoms with E-state index in [1.165, 1.54) is 6.42 Å². The summed E-state index contributed by atoms with van der Waals surface area (Å²) >= 11 is 0. The molecule has 1 saturated carbocycles. The first kappa shape index (κ1) is 12.1. The van der Waals surface area contributed by atoms with Gasteiger partial charge >= 0.3 is 0 Å². The number of anilines is 1. The highest BCUT2D eigenvalue weighted by Gasteiger charge is 2.38. The van der Waals surface area contributed by atoms with Gasteiger partial charge in [-0.15, -0.1) is 0 Å². The molecule has 0 spiro atoms. The van der Waals surface area contributed by atoms with Gasteiger partial charge in [0.2, 0.25) is 0 Å². The fourth-order valence-electron chi connectivity index (χ4n) is 3.78. The van der Waals surface area contributed by atoms with Crippen LogP contribution in [0.4, 0.5) is 5.82 Å². The summed E-state index contributed by atoms with van der Waals surface area (Å²) in [6.45, 7) is 4.04. The number of hydrogen-bond acceptors (Lipinski definition) is 6. The second-order valence-corrected chi connectivity index (χ2v) is 6.14. The van der Waals surface area contributed by atoms with Crippen LogP contribution >= 0.6 is 0 Å². The van der Waals surface area contributed by atoms with E-state index in [-0.39, 0.29) is 0 Å². The van der Waals surface area contributed by atoms with Gasteiger partial charge in [0.1, 0.15) is 17.5 Å². The highest BCUT2D eigenvalue weighted by molar-refractivity contribution is 5.87. The van der Waals surface area contributed by atoms with Crippen LogP contribution in [0.3, 0.4) is 0 Å². The summed E-state index contributed by atoms with van der Waals surface area (Å²) in [6, 6.07) is 0.374. The summed E-state index contributed by atoms with van der Waals surface area (Å²) in [5.41, 5.74) is 7.55. The van der Waals surface area contributed by atoms with Gasteiger partial charge < -0.3 is 15.2 Å². The largest absolute Gasteiger partial charge is 0.355 e. The molecule has 1 aliphatic carbocycles. The zero-order chi connectivity index (χ0) is 13.7. The lowest BCUT2D eigenvalue weighted by molar-refractivity contribution is 0.271. The Morgan fingerprint density at radius 1 is 1.25 bits per heavy atom. The van der Waals surface area contributed by atoms with Crippen molar-refractivity contribution < 1.29 is 4.52 Å². The van der Waals surface area contributed by atoms with E-state index in [0.29, 0.717) is 17.7 Å². The third kappa shape index (κ3) is 1.78. The molecule has 0 aromatic carbocycles. The smallest absolute Gasteiger partial charge is 0.263 e. The highest BCUT2D eigenvalue weighted by Crippen LogP contribution is 2.39. The Morgan fingerprint density at radius 2 is 2.10 bits per heavy atom. The lowest BCUT2D eigenvalue weighted by Gasteiger charge is -2.27. The normalized spacial score (nSPS) is 29.9. The van der Waals surface area contributed by atoms with Crippen molar-refractivity contribution in [2.75, 3.05) is 18.0 Å². The molecule has 1 unspecified atom stereocenters. The van der Waals surface area contributed by atoms with Crippen LogP contribution in [0.25, 0.3) is 11.1 Å². The molecular formula is C14H19N5O. The Labute approximate surface area is 117 Å². The van der Waals surface area contributed by atoms with Crippen molar-refractivity contribution in [3.05, 3.63) is 12.0 Å². The number of hydrogen-bond donors (Lipinski definition) is 1. The van der Waals surface area contributed by atoms with E-state index in [2.05, 4.69) is 20.0 Å². The Balaban J connectivity index is 1.69. The van der Waals surface area contributed by atoms with E-state index < -0.39 is 0 Å². The second-order valence-electron chi connectivity index (χ2n) is 6.14. The molecule has 6 nitrogen and oxygen atoms in total. The first-order valence-corrected chi connectivity index (χ1v) is 7.30. The molecule has 6 heteroatoms. The van der Waals surface area contributed by atoms with E-state index in [1.54, 1.807) is 6.33 Å². The van der Waals surface area contributed by atoms with E-state index in [4.69, 9.17) is 10.3 Å². The molecule has 0 bridgehead atoms. The number of rotatable bonds is 1. The predicted molar refractivity (Wildman–Crippen MR) is 75.4 cm³/mol. The molecular weight excluding hydrogens is 254 g/mol. The van der Waals surface area contributed by atoms with Crippen LogP contribution in [0.5, 0.6) is 0 Å². The average molecular weight is 273 g/mol. The standard InChI is InChI=1S/C14H19N5O/c1-8-12-13(16-7-17-14(12)20-18-8)19-5-9-2-3-11(15)4-10(9)6-19/h7,9-11H,2-6,15H2,1H3/t9-,10+,11?/m1/s1. The Morgan fingerprint density at radius 3 is 3.00 bits per heavy atom. The molecule has 2 N–H and O–H groups in total. The van der Waals surface area contributed by atoms with Crippen molar-refractivity contribution >= 4 is 16.9 Å². The molecule has 106 valence electrons. The lowest BCUT2D eigenvalue weighted by atomic mass is 9.79. The lowest BCUT2D eigenvalue weighted by Crippen LogP contribution is -2.32. The molecule has 2 aromatic rings. The Kier molecular flexibility index (Phi) is 2.66. The molecule has 2 aliphatic rings. The molecule has 20 heavy (non-hydrogen) atoms. The maximum atomic E-state index is 6.10. The molecule has 2 aromatic heterocycles. The van der Waals surface area contributed by atoms with Crippen molar-refractivity contribution in [2.45, 2.75) is 32.2 Å². The van der Waals surface area contributed by atoms with Gasteiger partial charge in [0, 0.05) is 19.1 Å². The summed E-state index contributed by atoms with van der Waals surface area (Å²) < 4.78 is 5.24. The first-order chi connectivity index (χ1) is 9.72. The van der Waals surface area contributed by atoms with E-state index >= 15 is 0 Å². The van der Waals surface area contributed by atoms with Crippen molar-refractivity contribution in [3.8, 4) is 0 Å². The van der Waals surface area contributed by atoms with Gasteiger partial charge in [-0.1, -0.05) is 5.16 Å². The Bertz CT molecular complexity index is 640. The second kappa shape index (κ2) is 4.41. The molecule has 2 fully saturated rings.